The van der Waals surface area contributed by atoms with Gasteiger partial charge in [0.1, 0.15) is 0 Å². The maximum atomic E-state index is 13.9. The quantitative estimate of drug-likeness (QED) is 0.706. The minimum absolute atomic E-state index is 0.0471. The number of benzene rings is 2. The molecule has 29 heavy (non-hydrogen) atoms. The first-order chi connectivity index (χ1) is 13.6. The summed E-state index contributed by atoms with van der Waals surface area (Å²) in [5, 5.41) is 0. The van der Waals surface area contributed by atoms with Gasteiger partial charge < -0.3 is 4.74 Å². The van der Waals surface area contributed by atoms with Crippen LogP contribution in [-0.2, 0) is 25.0 Å². The summed E-state index contributed by atoms with van der Waals surface area (Å²) in [7, 11) is -2.53. The predicted molar refractivity (Wildman–Crippen MR) is 104 cm³/mol. The molecule has 0 unspecified atom stereocenters. The third-order valence-corrected chi connectivity index (χ3v) is 7.60. The molecule has 5 nitrogen and oxygen atoms in total. The number of rotatable bonds is 4. The van der Waals surface area contributed by atoms with Gasteiger partial charge in [-0.3, -0.25) is 4.79 Å². The second kappa shape index (κ2) is 7.84. The van der Waals surface area contributed by atoms with E-state index in [-0.39, 0.29) is 29.8 Å². The van der Waals surface area contributed by atoms with E-state index < -0.39 is 39.1 Å². The molecule has 0 aromatic heterocycles. The van der Waals surface area contributed by atoms with Crippen LogP contribution < -0.4 is 0 Å². The molecule has 0 spiro atoms. The molecule has 2 aromatic carbocycles. The topological polar surface area (TPSA) is 63.7 Å². The summed E-state index contributed by atoms with van der Waals surface area (Å²) in [6.07, 6.45) is 0.190. The largest absolute Gasteiger partial charge is 0.468 e. The highest BCUT2D eigenvalue weighted by molar-refractivity contribution is 7.89. The van der Waals surface area contributed by atoms with Gasteiger partial charge in [0, 0.05) is 12.6 Å². The van der Waals surface area contributed by atoms with Crippen LogP contribution in [0.3, 0.4) is 0 Å². The van der Waals surface area contributed by atoms with Crippen LogP contribution in [0.4, 0.5) is 8.78 Å². The number of piperidine rings is 1. The Bertz CT molecular complexity index is 1020. The summed E-state index contributed by atoms with van der Waals surface area (Å²) >= 11 is 0. The fourth-order valence-corrected chi connectivity index (χ4v) is 5.62. The van der Waals surface area contributed by atoms with Crippen molar-refractivity contribution in [2.75, 3.05) is 13.7 Å². The SMILES string of the molecule is COC(=O)[C@@]1(c2ccc(F)c(F)c2)CCN(S(=O)(=O)c2ccc(C)cc2)[C@@H](C)C1. The van der Waals surface area contributed by atoms with Crippen LogP contribution in [0.15, 0.2) is 47.4 Å². The van der Waals surface area contributed by atoms with Crippen molar-refractivity contribution in [2.24, 2.45) is 0 Å². The number of sulfonamides is 1. The number of hydrogen-bond donors (Lipinski definition) is 0. The van der Waals surface area contributed by atoms with Crippen LogP contribution in [0.5, 0.6) is 0 Å². The zero-order valence-corrected chi connectivity index (χ0v) is 17.3. The number of halogens is 2. The van der Waals surface area contributed by atoms with Crippen molar-refractivity contribution in [2.45, 2.75) is 43.0 Å². The molecule has 0 N–H and O–H groups in total. The van der Waals surface area contributed by atoms with E-state index in [1.807, 2.05) is 6.92 Å². The van der Waals surface area contributed by atoms with E-state index in [1.54, 1.807) is 31.2 Å². The second-order valence-corrected chi connectivity index (χ2v) is 9.33. The zero-order valence-electron chi connectivity index (χ0n) is 16.5. The molecule has 0 radical (unpaired) electrons. The van der Waals surface area contributed by atoms with Crippen LogP contribution in [0, 0.1) is 18.6 Å². The Balaban J connectivity index is 1.97. The lowest BCUT2D eigenvalue weighted by molar-refractivity contribution is -0.150. The highest BCUT2D eigenvalue weighted by atomic mass is 32.2. The zero-order chi connectivity index (χ0) is 21.4. The molecule has 1 fully saturated rings. The van der Waals surface area contributed by atoms with Crippen molar-refractivity contribution in [1.82, 2.24) is 4.31 Å². The third-order valence-electron chi connectivity index (χ3n) is 5.57. The number of hydrogen-bond acceptors (Lipinski definition) is 4. The van der Waals surface area contributed by atoms with Gasteiger partial charge in [-0.1, -0.05) is 23.8 Å². The molecule has 0 amide bonds. The van der Waals surface area contributed by atoms with Crippen LogP contribution in [0.25, 0.3) is 0 Å². The maximum Gasteiger partial charge on any atom is 0.316 e. The van der Waals surface area contributed by atoms with E-state index in [0.717, 1.165) is 17.7 Å². The molecule has 0 aliphatic carbocycles. The van der Waals surface area contributed by atoms with Gasteiger partial charge in [0.05, 0.1) is 17.4 Å². The Hall–Kier alpha value is -2.32. The van der Waals surface area contributed by atoms with Crippen molar-refractivity contribution >= 4 is 16.0 Å². The molecule has 8 heteroatoms. The first-order valence-electron chi connectivity index (χ1n) is 9.24. The van der Waals surface area contributed by atoms with Gasteiger partial charge in [0.2, 0.25) is 10.0 Å². The molecule has 0 saturated carbocycles. The Labute approximate surface area is 169 Å². The van der Waals surface area contributed by atoms with Crippen LogP contribution in [-0.4, -0.2) is 38.4 Å². The number of ether oxygens (including phenoxy) is 1. The number of aryl methyl sites for hydroxylation is 1. The van der Waals surface area contributed by atoms with Crippen LogP contribution in [0.1, 0.15) is 30.9 Å². The van der Waals surface area contributed by atoms with Crippen LogP contribution >= 0.6 is 0 Å². The van der Waals surface area contributed by atoms with E-state index in [2.05, 4.69) is 0 Å². The van der Waals surface area contributed by atoms with Gasteiger partial charge in [0.25, 0.3) is 0 Å². The van der Waals surface area contributed by atoms with Gasteiger partial charge in [-0.2, -0.15) is 4.31 Å². The average molecular weight is 423 g/mol. The molecular formula is C21H23F2NO4S. The van der Waals surface area contributed by atoms with Crippen molar-refractivity contribution in [3.63, 3.8) is 0 Å². The van der Waals surface area contributed by atoms with Gasteiger partial charge in [0.15, 0.2) is 11.6 Å². The van der Waals surface area contributed by atoms with Crippen molar-refractivity contribution in [3.8, 4) is 0 Å². The van der Waals surface area contributed by atoms with E-state index in [4.69, 9.17) is 4.74 Å². The fourth-order valence-electron chi connectivity index (χ4n) is 3.99. The first kappa shape index (κ1) is 21.4. The lowest BCUT2D eigenvalue weighted by atomic mass is 9.71. The third kappa shape index (κ3) is 3.79. The Morgan fingerprint density at radius 1 is 1.14 bits per heavy atom. The lowest BCUT2D eigenvalue weighted by Gasteiger charge is -2.43. The number of methoxy groups -OCH3 is 1. The summed E-state index contributed by atoms with van der Waals surface area (Å²) < 4.78 is 59.8. The highest BCUT2D eigenvalue weighted by Crippen LogP contribution is 2.41. The van der Waals surface area contributed by atoms with Crippen LogP contribution in [0.2, 0.25) is 0 Å². The molecule has 1 aliphatic rings. The second-order valence-electron chi connectivity index (χ2n) is 7.43. The number of carbonyl (C=O) groups excluding carboxylic acids is 1. The van der Waals surface area contributed by atoms with E-state index in [1.165, 1.54) is 17.5 Å². The Morgan fingerprint density at radius 2 is 1.79 bits per heavy atom. The first-order valence-corrected chi connectivity index (χ1v) is 10.7. The molecule has 3 rings (SSSR count). The average Bonchev–Trinajstić information content (AvgIpc) is 2.69. The summed E-state index contributed by atoms with van der Waals surface area (Å²) in [6.45, 7) is 3.61. The predicted octanol–water partition coefficient (Wildman–Crippen LogP) is 3.56. The molecule has 1 heterocycles. The standard InChI is InChI=1S/C21H23F2NO4S/c1-14-4-7-17(8-5-14)29(26,27)24-11-10-21(13-15(24)2,20(25)28-3)16-6-9-18(22)19(23)12-16/h4-9,12,15H,10-11,13H2,1-3H3/t15-,21-/m0/s1. The van der Waals surface area contributed by atoms with Gasteiger partial charge in [-0.05, 0) is 56.5 Å². The molecule has 2 atom stereocenters. The van der Waals surface area contributed by atoms with E-state index >= 15 is 0 Å². The monoisotopic (exact) mass is 423 g/mol. The summed E-state index contributed by atoms with van der Waals surface area (Å²) in [6, 6.07) is 9.31. The summed E-state index contributed by atoms with van der Waals surface area (Å²) in [4.78, 5) is 12.9. The lowest BCUT2D eigenvalue weighted by Crippen LogP contribution is -2.53. The van der Waals surface area contributed by atoms with E-state index in [9.17, 15) is 22.0 Å². The number of esters is 1. The van der Waals surface area contributed by atoms with Gasteiger partial charge >= 0.3 is 5.97 Å². The smallest absolute Gasteiger partial charge is 0.316 e. The minimum atomic E-state index is -3.76. The summed E-state index contributed by atoms with van der Waals surface area (Å²) in [5.41, 5.74) is -0.0247. The van der Waals surface area contributed by atoms with Crippen molar-refractivity contribution in [3.05, 3.63) is 65.2 Å². The summed E-state index contributed by atoms with van der Waals surface area (Å²) in [5.74, 6) is -2.67. The molecule has 1 aliphatic heterocycles. The van der Waals surface area contributed by atoms with Gasteiger partial charge in [-0.15, -0.1) is 0 Å². The molecule has 2 aromatic rings. The molecule has 0 bridgehead atoms. The minimum Gasteiger partial charge on any atom is -0.468 e. The highest BCUT2D eigenvalue weighted by Gasteiger charge is 2.49. The van der Waals surface area contributed by atoms with E-state index in [0.29, 0.717) is 0 Å². The maximum absolute atomic E-state index is 13.9. The van der Waals surface area contributed by atoms with Gasteiger partial charge in [-0.25, -0.2) is 17.2 Å². The molecule has 1 saturated heterocycles. The Morgan fingerprint density at radius 3 is 2.34 bits per heavy atom. The normalized spacial score (nSPS) is 23.0. The van der Waals surface area contributed by atoms with Crippen molar-refractivity contribution in [1.29, 1.82) is 0 Å². The Kier molecular flexibility index (Phi) is 5.78. The number of carbonyl (C=O) groups is 1. The fraction of sp³-hybridized carbons (Fsp3) is 0.381. The number of nitrogens with zero attached hydrogens (tertiary/aromatic N) is 1. The molecule has 156 valence electrons. The molecular weight excluding hydrogens is 400 g/mol. The van der Waals surface area contributed by atoms with Crippen molar-refractivity contribution < 1.29 is 26.7 Å².